The lowest BCUT2D eigenvalue weighted by Crippen LogP contribution is -2.21. The summed E-state index contributed by atoms with van der Waals surface area (Å²) in [6.07, 6.45) is -9.41. The van der Waals surface area contributed by atoms with Gasteiger partial charge in [0.2, 0.25) is 5.88 Å². The molecule has 1 rings (SSSR count). The molecule has 1 aromatic heterocycles. The summed E-state index contributed by atoms with van der Waals surface area (Å²) in [6, 6.07) is -0.528. The molecule has 4 nitrogen and oxygen atoms in total. The van der Waals surface area contributed by atoms with E-state index in [1.54, 1.807) is 0 Å². The molecular formula is C8H6F6N2O2. The molecule has 0 aliphatic rings. The van der Waals surface area contributed by atoms with E-state index in [1.807, 2.05) is 0 Å². The summed E-state index contributed by atoms with van der Waals surface area (Å²) < 4.78 is 81.3. The Kier molecular flexibility index (Phi) is 3.87. The number of halogens is 6. The minimum Gasteiger partial charge on any atom is -0.467 e. The first kappa shape index (κ1) is 14.3. The van der Waals surface area contributed by atoms with Crippen LogP contribution in [0, 0.1) is 0 Å². The zero-order valence-corrected chi connectivity index (χ0v) is 8.76. The highest BCUT2D eigenvalue weighted by Crippen LogP contribution is 2.35. The SMILES string of the molecule is COc1ncc(C(F)(F)F)c(OCC(F)(F)F)n1. The van der Waals surface area contributed by atoms with Crippen molar-refractivity contribution in [2.24, 2.45) is 0 Å². The molecule has 0 radical (unpaired) electrons. The van der Waals surface area contributed by atoms with Crippen LogP contribution in [0.2, 0.25) is 0 Å². The maximum absolute atomic E-state index is 12.4. The second-order valence-corrected chi connectivity index (χ2v) is 2.98. The van der Waals surface area contributed by atoms with Crippen LogP contribution in [0.15, 0.2) is 6.20 Å². The third-order valence-electron chi connectivity index (χ3n) is 1.59. The largest absolute Gasteiger partial charge is 0.467 e. The lowest BCUT2D eigenvalue weighted by molar-refractivity contribution is -0.159. The highest BCUT2D eigenvalue weighted by Gasteiger charge is 2.38. The van der Waals surface area contributed by atoms with E-state index in [1.165, 1.54) is 0 Å². The van der Waals surface area contributed by atoms with E-state index in [-0.39, 0.29) is 6.20 Å². The van der Waals surface area contributed by atoms with Gasteiger partial charge in [0.25, 0.3) is 0 Å². The predicted octanol–water partition coefficient (Wildman–Crippen LogP) is 2.45. The maximum Gasteiger partial charge on any atom is 0.423 e. The third-order valence-corrected chi connectivity index (χ3v) is 1.59. The molecule has 0 aromatic carbocycles. The van der Waals surface area contributed by atoms with Crippen molar-refractivity contribution in [3.63, 3.8) is 0 Å². The molecule has 0 aliphatic carbocycles. The number of hydrogen-bond donors (Lipinski definition) is 0. The number of alkyl halides is 6. The van der Waals surface area contributed by atoms with Crippen molar-refractivity contribution >= 4 is 0 Å². The molecule has 1 aromatic rings. The van der Waals surface area contributed by atoms with Gasteiger partial charge in [0, 0.05) is 0 Å². The van der Waals surface area contributed by atoms with Gasteiger partial charge in [0.1, 0.15) is 5.56 Å². The quantitative estimate of drug-likeness (QED) is 0.795. The molecule has 0 aliphatic heterocycles. The van der Waals surface area contributed by atoms with E-state index in [9.17, 15) is 26.3 Å². The van der Waals surface area contributed by atoms with E-state index < -0.39 is 36.4 Å². The van der Waals surface area contributed by atoms with Crippen molar-refractivity contribution in [3.05, 3.63) is 11.8 Å². The third kappa shape index (κ3) is 3.93. The molecule has 0 saturated heterocycles. The Morgan fingerprint density at radius 2 is 1.78 bits per heavy atom. The zero-order chi connectivity index (χ0) is 14.0. The Labute approximate surface area is 96.6 Å². The van der Waals surface area contributed by atoms with Crippen LogP contribution in [0.1, 0.15) is 5.56 Å². The number of methoxy groups -OCH3 is 1. The van der Waals surface area contributed by atoms with Crippen LogP contribution in [0.25, 0.3) is 0 Å². The van der Waals surface area contributed by atoms with Gasteiger partial charge in [-0.05, 0) is 0 Å². The zero-order valence-electron chi connectivity index (χ0n) is 8.76. The van der Waals surface area contributed by atoms with Gasteiger partial charge in [0.05, 0.1) is 13.3 Å². The molecular weight excluding hydrogens is 270 g/mol. The topological polar surface area (TPSA) is 44.2 Å². The number of ether oxygens (including phenoxy) is 2. The van der Waals surface area contributed by atoms with Crippen molar-refractivity contribution in [1.29, 1.82) is 0 Å². The minimum atomic E-state index is -4.92. The summed E-state index contributed by atoms with van der Waals surface area (Å²) in [7, 11) is 1.05. The fraction of sp³-hybridized carbons (Fsp3) is 0.500. The van der Waals surface area contributed by atoms with E-state index in [0.29, 0.717) is 0 Å². The van der Waals surface area contributed by atoms with E-state index in [4.69, 9.17) is 0 Å². The van der Waals surface area contributed by atoms with Crippen LogP contribution in [0.4, 0.5) is 26.3 Å². The Hall–Kier alpha value is -1.74. The molecule has 102 valence electrons. The second kappa shape index (κ2) is 4.86. The van der Waals surface area contributed by atoms with Gasteiger partial charge >= 0.3 is 18.4 Å². The average molecular weight is 276 g/mol. The van der Waals surface area contributed by atoms with Crippen molar-refractivity contribution in [2.45, 2.75) is 12.4 Å². The Balaban J connectivity index is 3.05. The molecule has 18 heavy (non-hydrogen) atoms. The van der Waals surface area contributed by atoms with E-state index in [0.717, 1.165) is 7.11 Å². The second-order valence-electron chi connectivity index (χ2n) is 2.98. The predicted molar refractivity (Wildman–Crippen MR) is 45.1 cm³/mol. The Bertz CT molecular complexity index is 417. The van der Waals surface area contributed by atoms with Crippen molar-refractivity contribution in [1.82, 2.24) is 9.97 Å². The van der Waals surface area contributed by atoms with Crippen LogP contribution in [0.3, 0.4) is 0 Å². The van der Waals surface area contributed by atoms with Gasteiger partial charge in [-0.2, -0.15) is 31.3 Å². The summed E-state index contributed by atoms with van der Waals surface area (Å²) in [6.45, 7) is -1.89. The van der Waals surface area contributed by atoms with Gasteiger partial charge in [0.15, 0.2) is 6.61 Å². The summed E-state index contributed by atoms with van der Waals surface area (Å²) >= 11 is 0. The van der Waals surface area contributed by atoms with Gasteiger partial charge in [-0.15, -0.1) is 0 Å². The Morgan fingerprint density at radius 1 is 1.17 bits per heavy atom. The van der Waals surface area contributed by atoms with Gasteiger partial charge in [-0.3, -0.25) is 0 Å². The normalized spacial score (nSPS) is 12.4. The number of hydrogen-bond acceptors (Lipinski definition) is 4. The maximum atomic E-state index is 12.4. The fourth-order valence-corrected chi connectivity index (χ4v) is 0.904. The molecule has 1 heterocycles. The molecule has 0 spiro atoms. The summed E-state index contributed by atoms with van der Waals surface area (Å²) in [5.41, 5.74) is -1.51. The summed E-state index contributed by atoms with van der Waals surface area (Å²) in [5, 5.41) is 0. The molecule has 0 saturated carbocycles. The molecule has 0 N–H and O–H groups in total. The van der Waals surface area contributed by atoms with Gasteiger partial charge < -0.3 is 9.47 Å². The Morgan fingerprint density at radius 3 is 2.22 bits per heavy atom. The standard InChI is InChI=1S/C8H6F6N2O2/c1-17-6-15-2-4(8(12,13)14)5(16-6)18-3-7(9,10)11/h2H,3H2,1H3. The smallest absolute Gasteiger partial charge is 0.423 e. The minimum absolute atomic E-state index is 0.289. The van der Waals surface area contributed by atoms with Crippen LogP contribution < -0.4 is 9.47 Å². The summed E-state index contributed by atoms with van der Waals surface area (Å²) in [5.74, 6) is -1.23. The first-order valence-corrected chi connectivity index (χ1v) is 4.31. The highest BCUT2D eigenvalue weighted by atomic mass is 19.4. The number of aromatic nitrogens is 2. The van der Waals surface area contributed by atoms with Crippen LogP contribution >= 0.6 is 0 Å². The van der Waals surface area contributed by atoms with Crippen LogP contribution in [-0.2, 0) is 6.18 Å². The van der Waals surface area contributed by atoms with Crippen LogP contribution in [0.5, 0.6) is 11.9 Å². The van der Waals surface area contributed by atoms with Crippen molar-refractivity contribution < 1.29 is 35.8 Å². The molecule has 0 unspecified atom stereocenters. The summed E-state index contributed by atoms with van der Waals surface area (Å²) in [4.78, 5) is 6.24. The number of nitrogens with zero attached hydrogens (tertiary/aromatic N) is 2. The lowest BCUT2D eigenvalue weighted by atomic mass is 10.3. The monoisotopic (exact) mass is 276 g/mol. The first-order valence-electron chi connectivity index (χ1n) is 4.31. The molecule has 0 atom stereocenters. The van der Waals surface area contributed by atoms with Crippen LogP contribution in [-0.4, -0.2) is 29.9 Å². The fourth-order valence-electron chi connectivity index (χ4n) is 0.904. The first-order chi connectivity index (χ1) is 8.13. The average Bonchev–Trinajstić information content (AvgIpc) is 2.23. The molecule has 10 heteroatoms. The van der Waals surface area contributed by atoms with Crippen molar-refractivity contribution in [3.8, 4) is 11.9 Å². The van der Waals surface area contributed by atoms with E-state index >= 15 is 0 Å². The molecule has 0 fully saturated rings. The molecule has 0 bridgehead atoms. The lowest BCUT2D eigenvalue weighted by Gasteiger charge is -2.14. The van der Waals surface area contributed by atoms with Gasteiger partial charge in [-0.25, -0.2) is 4.98 Å². The van der Waals surface area contributed by atoms with E-state index in [2.05, 4.69) is 19.4 Å². The van der Waals surface area contributed by atoms with Crippen molar-refractivity contribution in [2.75, 3.05) is 13.7 Å². The van der Waals surface area contributed by atoms with Gasteiger partial charge in [-0.1, -0.05) is 0 Å². The number of rotatable bonds is 3. The highest BCUT2D eigenvalue weighted by molar-refractivity contribution is 5.28. The molecule has 0 amide bonds.